The first-order valence-corrected chi connectivity index (χ1v) is 3.45. The first-order valence-electron chi connectivity index (χ1n) is 3.45. The maximum atomic E-state index is 3.90. The first-order chi connectivity index (χ1) is 4.47. The van der Waals surface area contributed by atoms with Crippen LogP contribution in [-0.2, 0) is 0 Å². The van der Waals surface area contributed by atoms with Crippen molar-refractivity contribution in [1.29, 1.82) is 0 Å². The summed E-state index contributed by atoms with van der Waals surface area (Å²) in [5, 5.41) is 6.73. The summed E-state index contributed by atoms with van der Waals surface area (Å²) >= 11 is 0. The molecule has 1 aliphatic carbocycles. The van der Waals surface area contributed by atoms with Crippen LogP contribution in [0, 0.1) is 0 Å². The molecule has 1 aromatic rings. The minimum absolute atomic E-state index is 0.823. The van der Waals surface area contributed by atoms with Crippen molar-refractivity contribution in [2.45, 2.75) is 25.2 Å². The Morgan fingerprint density at radius 3 is 2.89 bits per heavy atom. The lowest BCUT2D eigenvalue weighted by Crippen LogP contribution is -2.07. The second-order valence-corrected chi connectivity index (χ2v) is 2.66. The standard InChI is InChI=1S/C7H10N2/c1-2-6(3-1)7-4-8-9-5-7/h4-6H,1-3H2,(H,8,9). The fourth-order valence-electron chi connectivity index (χ4n) is 1.23. The smallest absolute Gasteiger partial charge is 0.0522 e. The quantitative estimate of drug-likeness (QED) is 0.603. The van der Waals surface area contributed by atoms with E-state index in [0.717, 1.165) is 5.92 Å². The van der Waals surface area contributed by atoms with Crippen LogP contribution in [0.2, 0.25) is 0 Å². The normalized spacial score (nSPS) is 19.6. The zero-order valence-corrected chi connectivity index (χ0v) is 5.30. The molecule has 9 heavy (non-hydrogen) atoms. The molecule has 0 atom stereocenters. The van der Waals surface area contributed by atoms with E-state index in [-0.39, 0.29) is 0 Å². The van der Waals surface area contributed by atoms with E-state index in [0.29, 0.717) is 0 Å². The van der Waals surface area contributed by atoms with Gasteiger partial charge in [0.15, 0.2) is 0 Å². The van der Waals surface area contributed by atoms with Crippen LogP contribution in [0.5, 0.6) is 0 Å². The molecule has 1 saturated carbocycles. The molecule has 1 heterocycles. The Morgan fingerprint density at radius 1 is 1.56 bits per heavy atom. The van der Waals surface area contributed by atoms with Crippen LogP contribution in [0.15, 0.2) is 12.4 Å². The van der Waals surface area contributed by atoms with E-state index in [9.17, 15) is 0 Å². The third-order valence-electron chi connectivity index (χ3n) is 2.10. The number of H-pyrrole nitrogens is 1. The van der Waals surface area contributed by atoms with Gasteiger partial charge in [0, 0.05) is 6.20 Å². The van der Waals surface area contributed by atoms with E-state index in [1.54, 1.807) is 0 Å². The van der Waals surface area contributed by atoms with Crippen molar-refractivity contribution in [3.05, 3.63) is 18.0 Å². The maximum Gasteiger partial charge on any atom is 0.0522 e. The number of hydrogen-bond donors (Lipinski definition) is 1. The lowest BCUT2D eigenvalue weighted by molar-refractivity contribution is 0.420. The summed E-state index contributed by atoms with van der Waals surface area (Å²) in [7, 11) is 0. The van der Waals surface area contributed by atoms with E-state index in [4.69, 9.17) is 0 Å². The molecule has 0 spiro atoms. The molecule has 2 nitrogen and oxygen atoms in total. The Morgan fingerprint density at radius 2 is 2.44 bits per heavy atom. The van der Waals surface area contributed by atoms with Crippen LogP contribution in [-0.4, -0.2) is 10.2 Å². The summed E-state index contributed by atoms with van der Waals surface area (Å²) in [5.74, 6) is 0.823. The van der Waals surface area contributed by atoms with Crippen LogP contribution >= 0.6 is 0 Å². The monoisotopic (exact) mass is 122 g/mol. The highest BCUT2D eigenvalue weighted by atomic mass is 15.1. The number of hydrogen-bond acceptors (Lipinski definition) is 1. The topological polar surface area (TPSA) is 28.7 Å². The van der Waals surface area contributed by atoms with Crippen molar-refractivity contribution in [1.82, 2.24) is 10.2 Å². The van der Waals surface area contributed by atoms with Crippen LogP contribution in [0.1, 0.15) is 30.7 Å². The predicted octanol–water partition coefficient (Wildman–Crippen LogP) is 1.68. The largest absolute Gasteiger partial charge is 0.285 e. The predicted molar refractivity (Wildman–Crippen MR) is 35.2 cm³/mol. The molecule has 2 heteroatoms. The van der Waals surface area contributed by atoms with Gasteiger partial charge in [-0.25, -0.2) is 0 Å². The summed E-state index contributed by atoms with van der Waals surface area (Å²) in [6.45, 7) is 0. The zero-order valence-electron chi connectivity index (χ0n) is 5.30. The fraction of sp³-hybridized carbons (Fsp3) is 0.571. The molecule has 1 N–H and O–H groups in total. The molecule has 2 rings (SSSR count). The van der Waals surface area contributed by atoms with E-state index >= 15 is 0 Å². The van der Waals surface area contributed by atoms with E-state index in [1.807, 2.05) is 12.4 Å². The highest BCUT2D eigenvalue weighted by molar-refractivity contribution is 5.12. The summed E-state index contributed by atoms with van der Waals surface area (Å²) in [6, 6.07) is 0. The SMILES string of the molecule is c1n[nH]cc1C1CCC1. The van der Waals surface area contributed by atoms with Gasteiger partial charge in [-0.3, -0.25) is 5.10 Å². The average molecular weight is 122 g/mol. The molecule has 0 bridgehead atoms. The molecule has 1 aliphatic rings. The minimum Gasteiger partial charge on any atom is -0.285 e. The molecule has 48 valence electrons. The minimum atomic E-state index is 0.823. The van der Waals surface area contributed by atoms with Crippen LogP contribution < -0.4 is 0 Å². The number of aromatic amines is 1. The van der Waals surface area contributed by atoms with Crippen LogP contribution in [0.3, 0.4) is 0 Å². The van der Waals surface area contributed by atoms with Crippen LogP contribution in [0.4, 0.5) is 0 Å². The molecular weight excluding hydrogens is 112 g/mol. The van der Waals surface area contributed by atoms with Crippen molar-refractivity contribution in [2.75, 3.05) is 0 Å². The van der Waals surface area contributed by atoms with Gasteiger partial charge in [0.2, 0.25) is 0 Å². The lowest BCUT2D eigenvalue weighted by Gasteiger charge is -2.23. The highest BCUT2D eigenvalue weighted by Gasteiger charge is 2.19. The maximum absolute atomic E-state index is 3.90. The second-order valence-electron chi connectivity index (χ2n) is 2.66. The molecule has 0 unspecified atom stereocenters. The number of aromatic nitrogens is 2. The third-order valence-corrected chi connectivity index (χ3v) is 2.10. The summed E-state index contributed by atoms with van der Waals surface area (Å²) in [5.41, 5.74) is 1.39. The van der Waals surface area contributed by atoms with Crippen LogP contribution in [0.25, 0.3) is 0 Å². The Hall–Kier alpha value is -0.790. The first kappa shape index (κ1) is 5.03. The van der Waals surface area contributed by atoms with Gasteiger partial charge < -0.3 is 0 Å². The molecule has 1 aromatic heterocycles. The van der Waals surface area contributed by atoms with Gasteiger partial charge in [0.25, 0.3) is 0 Å². The third kappa shape index (κ3) is 0.745. The van der Waals surface area contributed by atoms with Crippen molar-refractivity contribution < 1.29 is 0 Å². The van der Waals surface area contributed by atoms with Crippen molar-refractivity contribution >= 4 is 0 Å². The van der Waals surface area contributed by atoms with Gasteiger partial charge in [-0.05, 0) is 24.3 Å². The van der Waals surface area contributed by atoms with E-state index in [2.05, 4.69) is 10.2 Å². The second kappa shape index (κ2) is 1.87. The summed E-state index contributed by atoms with van der Waals surface area (Å²) < 4.78 is 0. The number of rotatable bonds is 1. The van der Waals surface area contributed by atoms with Gasteiger partial charge in [-0.15, -0.1) is 0 Å². The Kier molecular flexibility index (Phi) is 1.04. The average Bonchev–Trinajstić information content (AvgIpc) is 2.11. The van der Waals surface area contributed by atoms with Crippen molar-refractivity contribution in [3.8, 4) is 0 Å². The number of nitrogens with one attached hydrogen (secondary N) is 1. The summed E-state index contributed by atoms with van der Waals surface area (Å²) in [4.78, 5) is 0. The molecule has 0 aliphatic heterocycles. The molecule has 0 saturated heterocycles. The highest BCUT2D eigenvalue weighted by Crippen LogP contribution is 2.35. The summed E-state index contributed by atoms with van der Waals surface area (Å²) in [6.07, 6.45) is 8.06. The lowest BCUT2D eigenvalue weighted by atomic mass is 9.81. The molecule has 1 fully saturated rings. The van der Waals surface area contributed by atoms with Gasteiger partial charge in [-0.1, -0.05) is 6.42 Å². The molecule has 0 aromatic carbocycles. The van der Waals surface area contributed by atoms with Crippen molar-refractivity contribution in [3.63, 3.8) is 0 Å². The van der Waals surface area contributed by atoms with Gasteiger partial charge in [0.1, 0.15) is 0 Å². The Bertz CT molecular complexity index is 175. The van der Waals surface area contributed by atoms with Gasteiger partial charge >= 0.3 is 0 Å². The zero-order chi connectivity index (χ0) is 6.10. The van der Waals surface area contributed by atoms with Gasteiger partial charge in [0.05, 0.1) is 6.20 Å². The number of nitrogens with zero attached hydrogens (tertiary/aromatic N) is 1. The Balaban J connectivity index is 2.14. The fourth-order valence-corrected chi connectivity index (χ4v) is 1.23. The Labute approximate surface area is 54.3 Å². The molecular formula is C7H10N2. The van der Waals surface area contributed by atoms with Gasteiger partial charge in [-0.2, -0.15) is 5.10 Å². The van der Waals surface area contributed by atoms with E-state index in [1.165, 1.54) is 24.8 Å². The van der Waals surface area contributed by atoms with E-state index < -0.39 is 0 Å². The molecule has 0 radical (unpaired) electrons. The molecule has 0 amide bonds. The van der Waals surface area contributed by atoms with Crippen molar-refractivity contribution in [2.24, 2.45) is 0 Å².